The lowest BCUT2D eigenvalue weighted by Gasteiger charge is -2.17. The average molecular weight is 382 g/mol. The van der Waals surface area contributed by atoms with Gasteiger partial charge in [0, 0.05) is 33.9 Å². The molecule has 1 aromatic carbocycles. The second kappa shape index (κ2) is 7.27. The van der Waals surface area contributed by atoms with Gasteiger partial charge in [0.25, 0.3) is 0 Å². The van der Waals surface area contributed by atoms with Gasteiger partial charge >= 0.3 is 0 Å². The first-order chi connectivity index (χ1) is 12.7. The zero-order valence-corrected chi connectivity index (χ0v) is 15.2. The minimum absolute atomic E-state index is 0.0311. The first kappa shape index (κ1) is 16.7. The highest BCUT2D eigenvalue weighted by Crippen LogP contribution is 2.33. The van der Waals surface area contributed by atoms with Gasteiger partial charge in [-0.3, -0.25) is 14.6 Å². The molecule has 0 bridgehead atoms. The lowest BCUT2D eigenvalue weighted by molar-refractivity contribution is -0.115. The van der Waals surface area contributed by atoms with Crippen LogP contribution in [0.25, 0.3) is 10.6 Å². The number of rotatable bonds is 4. The molecule has 3 heterocycles. The number of fused-ring (bicyclic) bond motifs is 1. The molecule has 2 aromatic heterocycles. The summed E-state index contributed by atoms with van der Waals surface area (Å²) in [6.07, 6.45) is 3.65. The van der Waals surface area contributed by atoms with Crippen LogP contribution >= 0.6 is 23.1 Å². The van der Waals surface area contributed by atoms with Gasteiger partial charge in [0.15, 0.2) is 0 Å². The Balaban J connectivity index is 1.42. The van der Waals surface area contributed by atoms with Crippen LogP contribution in [0.15, 0.2) is 53.0 Å². The molecule has 2 amide bonds. The Morgan fingerprint density at radius 3 is 3.08 bits per heavy atom. The predicted octanol–water partition coefficient (Wildman–Crippen LogP) is 3.43. The third-order valence-electron chi connectivity index (χ3n) is 3.70. The van der Waals surface area contributed by atoms with Crippen LogP contribution in [-0.4, -0.2) is 27.5 Å². The summed E-state index contributed by atoms with van der Waals surface area (Å²) < 4.78 is 0. The van der Waals surface area contributed by atoms with Crippen LogP contribution in [0.5, 0.6) is 0 Å². The molecule has 1 aliphatic heterocycles. The number of thioether (sulfide) groups is 1. The van der Waals surface area contributed by atoms with E-state index >= 15 is 0 Å². The molecule has 4 rings (SSSR count). The number of benzene rings is 1. The Kier molecular flexibility index (Phi) is 4.68. The summed E-state index contributed by atoms with van der Waals surface area (Å²) in [6, 6.07) is 9.31. The highest BCUT2D eigenvalue weighted by molar-refractivity contribution is 8.00. The van der Waals surface area contributed by atoms with Gasteiger partial charge < -0.3 is 10.6 Å². The zero-order valence-electron chi connectivity index (χ0n) is 13.6. The summed E-state index contributed by atoms with van der Waals surface area (Å²) in [4.78, 5) is 33.4. The molecule has 0 fully saturated rings. The number of carbonyl (C=O) groups excluding carboxylic acids is 2. The van der Waals surface area contributed by atoms with Crippen molar-refractivity contribution >= 4 is 46.3 Å². The van der Waals surface area contributed by atoms with E-state index in [0.717, 1.165) is 21.2 Å². The Morgan fingerprint density at radius 2 is 2.23 bits per heavy atom. The second-order valence-electron chi connectivity index (χ2n) is 5.66. The van der Waals surface area contributed by atoms with E-state index in [-0.39, 0.29) is 18.2 Å². The molecule has 0 atom stereocenters. The van der Waals surface area contributed by atoms with Crippen LogP contribution in [0.3, 0.4) is 0 Å². The van der Waals surface area contributed by atoms with Gasteiger partial charge in [0.1, 0.15) is 5.01 Å². The number of nitrogens with one attached hydrogen (secondary N) is 2. The van der Waals surface area contributed by atoms with Crippen molar-refractivity contribution in [2.24, 2.45) is 0 Å². The molecule has 2 N–H and O–H groups in total. The minimum atomic E-state index is -0.150. The van der Waals surface area contributed by atoms with E-state index in [9.17, 15) is 9.59 Å². The van der Waals surface area contributed by atoms with Crippen LogP contribution in [-0.2, 0) is 16.0 Å². The summed E-state index contributed by atoms with van der Waals surface area (Å²) in [6.45, 7) is 0. The third kappa shape index (κ3) is 3.76. The Labute approximate surface area is 158 Å². The molecule has 0 unspecified atom stereocenters. The fraction of sp³-hybridized carbons (Fsp3) is 0.111. The van der Waals surface area contributed by atoms with Crippen LogP contribution in [0, 0.1) is 0 Å². The molecule has 1 aliphatic rings. The fourth-order valence-electron chi connectivity index (χ4n) is 2.54. The fourth-order valence-corrected chi connectivity index (χ4v) is 4.14. The number of hydrogen-bond acceptors (Lipinski definition) is 6. The van der Waals surface area contributed by atoms with Crippen molar-refractivity contribution in [3.8, 4) is 10.6 Å². The maximum absolute atomic E-state index is 12.3. The molecular weight excluding hydrogens is 368 g/mol. The maximum Gasteiger partial charge on any atom is 0.234 e. The molecule has 26 heavy (non-hydrogen) atoms. The largest absolute Gasteiger partial charge is 0.326 e. The monoisotopic (exact) mass is 382 g/mol. The molecule has 0 radical (unpaired) electrons. The maximum atomic E-state index is 12.3. The Hall–Kier alpha value is -2.71. The molecule has 3 aromatic rings. The van der Waals surface area contributed by atoms with E-state index in [4.69, 9.17) is 0 Å². The van der Waals surface area contributed by atoms with E-state index in [1.807, 2.05) is 29.6 Å². The van der Waals surface area contributed by atoms with Crippen LogP contribution in [0.4, 0.5) is 11.4 Å². The van der Waals surface area contributed by atoms with Gasteiger partial charge in [-0.1, -0.05) is 0 Å². The molecule has 8 heteroatoms. The Bertz CT molecular complexity index is 972. The normalized spacial score (nSPS) is 13.0. The SMILES string of the molecule is O=C(Cc1csc(-c2cccnc2)n1)Nc1ccc2c(c1)NC(=O)CS2. The van der Waals surface area contributed by atoms with Gasteiger partial charge in [0.2, 0.25) is 11.8 Å². The summed E-state index contributed by atoms with van der Waals surface area (Å²) in [5, 5.41) is 8.40. The summed E-state index contributed by atoms with van der Waals surface area (Å²) >= 11 is 2.98. The molecule has 0 aliphatic carbocycles. The van der Waals surface area contributed by atoms with Crippen LogP contribution in [0.2, 0.25) is 0 Å². The number of carbonyl (C=O) groups is 2. The van der Waals surface area contributed by atoms with Crippen molar-refractivity contribution in [3.05, 3.63) is 53.8 Å². The second-order valence-corrected chi connectivity index (χ2v) is 7.53. The predicted molar refractivity (Wildman–Crippen MR) is 103 cm³/mol. The first-order valence-electron chi connectivity index (χ1n) is 7.89. The number of anilines is 2. The number of nitrogens with zero attached hydrogens (tertiary/aromatic N) is 2. The van der Waals surface area contributed by atoms with Crippen LogP contribution < -0.4 is 10.6 Å². The van der Waals surface area contributed by atoms with Gasteiger partial charge in [-0.05, 0) is 30.3 Å². The number of thiazole rings is 1. The standard InChI is InChI=1S/C18H14N4O2S2/c23-16(7-13-9-26-18(21-13)11-2-1-5-19-8-11)20-12-3-4-15-14(6-12)22-17(24)10-25-15/h1-6,8-9H,7,10H2,(H,20,23)(H,22,24). The van der Waals surface area contributed by atoms with E-state index in [2.05, 4.69) is 20.6 Å². The van der Waals surface area contributed by atoms with Crippen molar-refractivity contribution in [2.75, 3.05) is 16.4 Å². The highest BCUT2D eigenvalue weighted by Gasteiger charge is 2.16. The average Bonchev–Trinajstić information content (AvgIpc) is 3.10. The number of aromatic nitrogens is 2. The molecular formula is C18H14N4O2S2. The third-order valence-corrected chi connectivity index (χ3v) is 5.71. The van der Waals surface area contributed by atoms with Crippen molar-refractivity contribution in [2.45, 2.75) is 11.3 Å². The van der Waals surface area contributed by atoms with E-state index in [0.29, 0.717) is 17.1 Å². The lowest BCUT2D eigenvalue weighted by atomic mass is 10.2. The first-order valence-corrected chi connectivity index (χ1v) is 9.75. The number of amides is 2. The highest BCUT2D eigenvalue weighted by atomic mass is 32.2. The van der Waals surface area contributed by atoms with Crippen LogP contribution in [0.1, 0.15) is 5.69 Å². The smallest absolute Gasteiger partial charge is 0.234 e. The Morgan fingerprint density at radius 1 is 1.31 bits per heavy atom. The van der Waals surface area contributed by atoms with Gasteiger partial charge in [-0.25, -0.2) is 4.98 Å². The molecule has 130 valence electrons. The number of hydrogen-bond donors (Lipinski definition) is 2. The zero-order chi connectivity index (χ0) is 17.9. The molecule has 0 saturated heterocycles. The van der Waals surface area contributed by atoms with E-state index in [1.54, 1.807) is 18.5 Å². The minimum Gasteiger partial charge on any atom is -0.326 e. The van der Waals surface area contributed by atoms with Crippen molar-refractivity contribution in [3.63, 3.8) is 0 Å². The van der Waals surface area contributed by atoms with Gasteiger partial charge in [-0.15, -0.1) is 23.1 Å². The van der Waals surface area contributed by atoms with Crippen molar-refractivity contribution in [1.82, 2.24) is 9.97 Å². The molecule has 0 spiro atoms. The van der Waals surface area contributed by atoms with Crippen molar-refractivity contribution < 1.29 is 9.59 Å². The summed E-state index contributed by atoms with van der Waals surface area (Å²) in [5.74, 6) is 0.237. The van der Waals surface area contributed by atoms with Crippen molar-refractivity contribution in [1.29, 1.82) is 0 Å². The molecule has 6 nitrogen and oxygen atoms in total. The summed E-state index contributed by atoms with van der Waals surface area (Å²) in [5.41, 5.74) is 3.04. The van der Waals surface area contributed by atoms with E-state index in [1.165, 1.54) is 23.1 Å². The van der Waals surface area contributed by atoms with Gasteiger partial charge in [-0.2, -0.15) is 0 Å². The van der Waals surface area contributed by atoms with Gasteiger partial charge in [0.05, 0.1) is 23.6 Å². The molecule has 0 saturated carbocycles. The summed E-state index contributed by atoms with van der Waals surface area (Å²) in [7, 11) is 0. The quantitative estimate of drug-likeness (QED) is 0.722. The topological polar surface area (TPSA) is 84.0 Å². The lowest BCUT2D eigenvalue weighted by Crippen LogP contribution is -2.19. The van der Waals surface area contributed by atoms with E-state index < -0.39 is 0 Å². The number of pyridine rings is 1.